The first-order valence-corrected chi connectivity index (χ1v) is 10.2. The number of hydrogen-bond donors (Lipinski definition) is 2. The van der Waals surface area contributed by atoms with Gasteiger partial charge in [0.25, 0.3) is 0 Å². The fourth-order valence-electron chi connectivity index (χ4n) is 3.16. The molecule has 0 aliphatic carbocycles. The van der Waals surface area contributed by atoms with E-state index in [9.17, 15) is 9.59 Å². The van der Waals surface area contributed by atoms with E-state index in [1.165, 1.54) is 0 Å². The quantitative estimate of drug-likeness (QED) is 0.545. The van der Waals surface area contributed by atoms with E-state index in [0.29, 0.717) is 24.2 Å². The van der Waals surface area contributed by atoms with Crippen LogP contribution in [-0.4, -0.2) is 24.9 Å². The van der Waals surface area contributed by atoms with E-state index in [-0.39, 0.29) is 18.4 Å². The molecular formula is C25H27N3O2. The molecule has 0 spiro atoms. The standard InChI is InChI=1S/C25H27N3O2/c1-2-28(23-11-7-4-8-12-23)19-25(30)27-22-16-14-21(15-17-22)26-24(29)18-13-20-9-5-3-6-10-20/h3-12,14-17H,2,13,18-19H2,1H3,(H,26,29)(H,27,30). The van der Waals surface area contributed by atoms with Crippen LogP contribution in [0.25, 0.3) is 0 Å². The van der Waals surface area contributed by atoms with Gasteiger partial charge in [0.2, 0.25) is 11.8 Å². The Hall–Kier alpha value is -3.60. The molecule has 154 valence electrons. The van der Waals surface area contributed by atoms with Crippen molar-refractivity contribution in [3.63, 3.8) is 0 Å². The average molecular weight is 402 g/mol. The van der Waals surface area contributed by atoms with Crippen LogP contribution in [0, 0.1) is 0 Å². The van der Waals surface area contributed by atoms with E-state index < -0.39 is 0 Å². The van der Waals surface area contributed by atoms with Crippen LogP contribution in [0.5, 0.6) is 0 Å². The third kappa shape index (κ3) is 6.48. The van der Waals surface area contributed by atoms with Gasteiger partial charge in [-0.3, -0.25) is 9.59 Å². The largest absolute Gasteiger partial charge is 0.362 e. The van der Waals surface area contributed by atoms with Crippen molar-refractivity contribution in [1.82, 2.24) is 0 Å². The molecule has 2 amide bonds. The molecule has 0 unspecified atom stereocenters. The molecule has 3 rings (SSSR count). The van der Waals surface area contributed by atoms with Crippen molar-refractivity contribution in [3.05, 3.63) is 90.5 Å². The molecule has 0 radical (unpaired) electrons. The maximum absolute atomic E-state index is 12.4. The van der Waals surface area contributed by atoms with E-state index in [0.717, 1.165) is 17.8 Å². The Morgan fingerprint density at radius 2 is 1.27 bits per heavy atom. The van der Waals surface area contributed by atoms with Crippen molar-refractivity contribution in [2.75, 3.05) is 28.6 Å². The Balaban J connectivity index is 1.47. The van der Waals surface area contributed by atoms with Gasteiger partial charge in [-0.2, -0.15) is 0 Å². The number of carbonyl (C=O) groups is 2. The van der Waals surface area contributed by atoms with Crippen molar-refractivity contribution in [2.24, 2.45) is 0 Å². The van der Waals surface area contributed by atoms with Crippen LogP contribution in [0.1, 0.15) is 18.9 Å². The highest BCUT2D eigenvalue weighted by molar-refractivity contribution is 5.95. The summed E-state index contributed by atoms with van der Waals surface area (Å²) in [5.41, 5.74) is 3.57. The van der Waals surface area contributed by atoms with Gasteiger partial charge in [-0.25, -0.2) is 0 Å². The van der Waals surface area contributed by atoms with Crippen LogP contribution in [0.2, 0.25) is 0 Å². The van der Waals surface area contributed by atoms with E-state index in [2.05, 4.69) is 10.6 Å². The number of likely N-dealkylation sites (N-methyl/N-ethyl adjacent to an activating group) is 1. The maximum Gasteiger partial charge on any atom is 0.243 e. The van der Waals surface area contributed by atoms with Crippen molar-refractivity contribution in [3.8, 4) is 0 Å². The third-order valence-electron chi connectivity index (χ3n) is 4.77. The summed E-state index contributed by atoms with van der Waals surface area (Å²) < 4.78 is 0. The Labute approximate surface area is 177 Å². The average Bonchev–Trinajstić information content (AvgIpc) is 2.79. The normalized spacial score (nSPS) is 10.3. The van der Waals surface area contributed by atoms with Crippen LogP contribution in [0.3, 0.4) is 0 Å². The number of aryl methyl sites for hydroxylation is 1. The highest BCUT2D eigenvalue weighted by atomic mass is 16.2. The number of carbonyl (C=O) groups excluding carboxylic acids is 2. The minimum absolute atomic E-state index is 0.0305. The lowest BCUT2D eigenvalue weighted by Crippen LogP contribution is -2.33. The van der Waals surface area contributed by atoms with Gasteiger partial charge < -0.3 is 15.5 Å². The molecule has 5 heteroatoms. The van der Waals surface area contributed by atoms with Gasteiger partial charge in [0, 0.05) is 30.0 Å². The first-order valence-electron chi connectivity index (χ1n) is 10.2. The topological polar surface area (TPSA) is 61.4 Å². The summed E-state index contributed by atoms with van der Waals surface area (Å²) in [5.74, 6) is -0.113. The molecule has 30 heavy (non-hydrogen) atoms. The second-order valence-electron chi connectivity index (χ2n) is 7.01. The fourth-order valence-corrected chi connectivity index (χ4v) is 3.16. The Bertz CT molecular complexity index is 941. The molecule has 0 saturated carbocycles. The first kappa shape index (κ1) is 21.1. The van der Waals surface area contributed by atoms with Crippen LogP contribution >= 0.6 is 0 Å². The highest BCUT2D eigenvalue weighted by Crippen LogP contribution is 2.16. The second kappa shape index (κ2) is 10.8. The summed E-state index contributed by atoms with van der Waals surface area (Å²) in [7, 11) is 0. The number of hydrogen-bond acceptors (Lipinski definition) is 3. The molecule has 0 bridgehead atoms. The van der Waals surface area contributed by atoms with Gasteiger partial charge in [-0.1, -0.05) is 48.5 Å². The van der Waals surface area contributed by atoms with Crippen LogP contribution < -0.4 is 15.5 Å². The van der Waals surface area contributed by atoms with Crippen LogP contribution in [-0.2, 0) is 16.0 Å². The zero-order chi connectivity index (χ0) is 21.2. The Morgan fingerprint density at radius 1 is 0.733 bits per heavy atom. The summed E-state index contributed by atoms with van der Waals surface area (Å²) in [6, 6.07) is 27.0. The highest BCUT2D eigenvalue weighted by Gasteiger charge is 2.10. The molecule has 0 saturated heterocycles. The van der Waals surface area contributed by atoms with Crippen molar-refractivity contribution >= 4 is 28.9 Å². The molecule has 0 aromatic heterocycles. The summed E-state index contributed by atoms with van der Waals surface area (Å²) in [5, 5.41) is 5.81. The van der Waals surface area contributed by atoms with Gasteiger partial charge >= 0.3 is 0 Å². The number of nitrogens with zero attached hydrogens (tertiary/aromatic N) is 1. The SMILES string of the molecule is CCN(CC(=O)Nc1ccc(NC(=O)CCc2ccccc2)cc1)c1ccccc1. The maximum atomic E-state index is 12.4. The van der Waals surface area contributed by atoms with E-state index in [4.69, 9.17) is 0 Å². The minimum atomic E-state index is -0.0830. The molecule has 5 nitrogen and oxygen atoms in total. The van der Waals surface area contributed by atoms with Crippen molar-refractivity contribution in [2.45, 2.75) is 19.8 Å². The molecule has 3 aromatic rings. The number of para-hydroxylation sites is 1. The van der Waals surface area contributed by atoms with Gasteiger partial charge in [0.1, 0.15) is 0 Å². The van der Waals surface area contributed by atoms with Crippen molar-refractivity contribution < 1.29 is 9.59 Å². The molecule has 0 atom stereocenters. The van der Waals surface area contributed by atoms with E-state index in [1.807, 2.05) is 72.5 Å². The van der Waals surface area contributed by atoms with Gasteiger partial charge in [-0.05, 0) is 55.3 Å². The van der Waals surface area contributed by atoms with Crippen LogP contribution in [0.15, 0.2) is 84.9 Å². The van der Waals surface area contributed by atoms with Gasteiger partial charge in [0.05, 0.1) is 6.54 Å². The molecule has 2 N–H and O–H groups in total. The number of amides is 2. The summed E-state index contributed by atoms with van der Waals surface area (Å²) in [4.78, 5) is 26.6. The third-order valence-corrected chi connectivity index (χ3v) is 4.77. The van der Waals surface area contributed by atoms with E-state index >= 15 is 0 Å². The van der Waals surface area contributed by atoms with Gasteiger partial charge in [0.15, 0.2) is 0 Å². The van der Waals surface area contributed by atoms with Crippen LogP contribution in [0.4, 0.5) is 17.1 Å². The van der Waals surface area contributed by atoms with E-state index in [1.54, 1.807) is 24.3 Å². The van der Waals surface area contributed by atoms with Gasteiger partial charge in [-0.15, -0.1) is 0 Å². The Kier molecular flexibility index (Phi) is 7.61. The number of benzene rings is 3. The molecule has 0 fully saturated rings. The number of anilines is 3. The lowest BCUT2D eigenvalue weighted by atomic mass is 10.1. The number of rotatable bonds is 9. The molecule has 0 aliphatic rings. The zero-order valence-corrected chi connectivity index (χ0v) is 17.2. The molecular weight excluding hydrogens is 374 g/mol. The fraction of sp³-hybridized carbons (Fsp3) is 0.200. The summed E-state index contributed by atoms with van der Waals surface area (Å²) >= 11 is 0. The predicted molar refractivity (Wildman–Crippen MR) is 123 cm³/mol. The minimum Gasteiger partial charge on any atom is -0.362 e. The first-order chi connectivity index (χ1) is 14.6. The molecule has 0 aliphatic heterocycles. The summed E-state index contributed by atoms with van der Waals surface area (Å²) in [6.07, 6.45) is 1.13. The smallest absolute Gasteiger partial charge is 0.243 e. The lowest BCUT2D eigenvalue weighted by Gasteiger charge is -2.22. The Morgan fingerprint density at radius 3 is 1.83 bits per heavy atom. The number of nitrogens with one attached hydrogen (secondary N) is 2. The second-order valence-corrected chi connectivity index (χ2v) is 7.01. The lowest BCUT2D eigenvalue weighted by molar-refractivity contribution is -0.116. The zero-order valence-electron chi connectivity index (χ0n) is 17.2. The molecule has 0 heterocycles. The summed E-state index contributed by atoms with van der Waals surface area (Å²) in [6.45, 7) is 3.04. The monoisotopic (exact) mass is 401 g/mol. The predicted octanol–water partition coefficient (Wildman–Crippen LogP) is 4.72. The molecule has 3 aromatic carbocycles. The van der Waals surface area contributed by atoms with Crippen molar-refractivity contribution in [1.29, 1.82) is 0 Å².